The van der Waals surface area contributed by atoms with Crippen LogP contribution in [0.4, 0.5) is 4.39 Å². The molecule has 0 radical (unpaired) electrons. The maximum Gasteiger partial charge on any atom is 0.262 e. The summed E-state index contributed by atoms with van der Waals surface area (Å²) < 4.78 is 20.3. The van der Waals surface area contributed by atoms with Crippen LogP contribution in [0.15, 0.2) is 71.1 Å². The largest absolute Gasteiger partial charge is 0.488 e. The predicted octanol–water partition coefficient (Wildman–Crippen LogP) is 3.70. The fourth-order valence-corrected chi connectivity index (χ4v) is 3.86. The molecular weight excluding hydrogens is 379 g/mol. The minimum atomic E-state index is -0.990. The van der Waals surface area contributed by atoms with Crippen molar-refractivity contribution in [3.05, 3.63) is 82.5 Å². The Bertz CT molecular complexity index is 1160. The number of aliphatic hydroxyl groups excluding tert-OH is 1. The number of nitrogens with zero attached hydrogens (tertiary/aromatic N) is 2. The summed E-state index contributed by atoms with van der Waals surface area (Å²) in [6, 6.07) is 15.6. The van der Waals surface area contributed by atoms with Gasteiger partial charge in [-0.25, -0.2) is 9.37 Å². The van der Waals surface area contributed by atoms with E-state index in [2.05, 4.69) is 4.98 Å². The normalized spacial score (nSPS) is 12.2. The zero-order valence-corrected chi connectivity index (χ0v) is 15.6. The highest BCUT2D eigenvalue weighted by molar-refractivity contribution is 7.17. The van der Waals surface area contributed by atoms with Gasteiger partial charge in [-0.3, -0.25) is 9.36 Å². The lowest BCUT2D eigenvalue weighted by Crippen LogP contribution is -2.30. The first-order valence-corrected chi connectivity index (χ1v) is 9.59. The number of thiophene rings is 1. The van der Waals surface area contributed by atoms with Crippen LogP contribution in [0.2, 0.25) is 0 Å². The molecule has 2 heterocycles. The molecule has 0 saturated carbocycles. The van der Waals surface area contributed by atoms with E-state index < -0.39 is 11.9 Å². The first-order valence-electron chi connectivity index (χ1n) is 8.71. The molecule has 0 aliphatic heterocycles. The van der Waals surface area contributed by atoms with Crippen LogP contribution in [0.3, 0.4) is 0 Å². The summed E-state index contributed by atoms with van der Waals surface area (Å²) in [5.41, 5.74) is 1.54. The number of hydrogen-bond acceptors (Lipinski definition) is 5. The number of rotatable bonds is 6. The van der Waals surface area contributed by atoms with Crippen LogP contribution in [0.5, 0.6) is 5.75 Å². The van der Waals surface area contributed by atoms with Crippen LogP contribution in [0.1, 0.15) is 0 Å². The molecule has 0 amide bonds. The Morgan fingerprint density at radius 3 is 2.68 bits per heavy atom. The highest BCUT2D eigenvalue weighted by Gasteiger charge is 2.15. The molecule has 0 fully saturated rings. The predicted molar refractivity (Wildman–Crippen MR) is 107 cm³/mol. The van der Waals surface area contributed by atoms with Crippen molar-refractivity contribution in [3.8, 4) is 16.9 Å². The van der Waals surface area contributed by atoms with Crippen LogP contribution >= 0.6 is 11.3 Å². The molecule has 2 aromatic carbocycles. The van der Waals surface area contributed by atoms with Crippen molar-refractivity contribution in [2.45, 2.75) is 12.6 Å². The summed E-state index contributed by atoms with van der Waals surface area (Å²) in [6.07, 6.45) is 0.429. The summed E-state index contributed by atoms with van der Waals surface area (Å²) in [7, 11) is 0. The minimum Gasteiger partial charge on any atom is -0.488 e. The highest BCUT2D eigenvalue weighted by atomic mass is 32.1. The third kappa shape index (κ3) is 3.67. The minimum absolute atomic E-state index is 0.000300. The van der Waals surface area contributed by atoms with Gasteiger partial charge in [-0.15, -0.1) is 11.3 Å². The van der Waals surface area contributed by atoms with Crippen molar-refractivity contribution in [3.63, 3.8) is 0 Å². The van der Waals surface area contributed by atoms with E-state index in [-0.39, 0.29) is 24.5 Å². The molecular formula is C21H17FN2O3S. The SMILES string of the molecule is O=c1c2c(-c3ccccc3)csc2ncn1C[C@H](O)COc1ccccc1F. The fourth-order valence-electron chi connectivity index (χ4n) is 2.96. The van der Waals surface area contributed by atoms with Gasteiger partial charge in [-0.05, 0) is 17.7 Å². The van der Waals surface area contributed by atoms with Crippen LogP contribution in [-0.2, 0) is 6.54 Å². The van der Waals surface area contributed by atoms with Crippen molar-refractivity contribution < 1.29 is 14.2 Å². The lowest BCUT2D eigenvalue weighted by atomic mass is 10.1. The Morgan fingerprint density at radius 1 is 1.14 bits per heavy atom. The van der Waals surface area contributed by atoms with Gasteiger partial charge >= 0.3 is 0 Å². The van der Waals surface area contributed by atoms with Gasteiger partial charge in [0.05, 0.1) is 18.3 Å². The number of aliphatic hydroxyl groups is 1. The molecule has 142 valence electrons. The van der Waals surface area contributed by atoms with E-state index in [9.17, 15) is 14.3 Å². The summed E-state index contributed by atoms with van der Waals surface area (Å²) in [4.78, 5) is 18.0. The lowest BCUT2D eigenvalue weighted by Gasteiger charge is -2.14. The number of aromatic nitrogens is 2. The summed E-state index contributed by atoms with van der Waals surface area (Å²) in [6.45, 7) is -0.138. The average Bonchev–Trinajstić information content (AvgIpc) is 3.15. The molecule has 7 heteroatoms. The van der Waals surface area contributed by atoms with Gasteiger partial charge in [0.25, 0.3) is 5.56 Å². The summed E-state index contributed by atoms with van der Waals surface area (Å²) in [5, 5.41) is 12.7. The van der Waals surface area contributed by atoms with Gasteiger partial charge < -0.3 is 9.84 Å². The van der Waals surface area contributed by atoms with Gasteiger partial charge in [0.15, 0.2) is 11.6 Å². The van der Waals surface area contributed by atoms with Crippen molar-refractivity contribution in [1.82, 2.24) is 9.55 Å². The topological polar surface area (TPSA) is 64.4 Å². The standard InChI is InChI=1S/C21H17FN2O3S/c22-17-8-4-5-9-18(17)27-11-15(25)10-24-13-23-20-19(21(24)26)16(12-28-20)14-6-2-1-3-7-14/h1-9,12-13,15,25H,10-11H2/t15-/m0/s1. The number of hydrogen-bond donors (Lipinski definition) is 1. The van der Waals surface area contributed by atoms with Gasteiger partial charge in [0.1, 0.15) is 17.5 Å². The molecule has 0 saturated heterocycles. The third-order valence-corrected chi connectivity index (χ3v) is 5.21. The molecule has 0 spiro atoms. The second-order valence-corrected chi connectivity index (χ2v) is 7.15. The van der Waals surface area contributed by atoms with Gasteiger partial charge in [-0.2, -0.15) is 0 Å². The molecule has 1 atom stereocenters. The van der Waals surface area contributed by atoms with Gasteiger partial charge in [-0.1, -0.05) is 42.5 Å². The molecule has 5 nitrogen and oxygen atoms in total. The Balaban J connectivity index is 1.57. The number of halogens is 1. The van der Waals surface area contributed by atoms with Crippen LogP contribution in [-0.4, -0.2) is 27.4 Å². The molecule has 2 aromatic heterocycles. The summed E-state index contributed by atoms with van der Waals surface area (Å²) in [5.74, 6) is -0.438. The quantitative estimate of drug-likeness (QED) is 0.540. The van der Waals surface area contributed by atoms with E-state index in [1.54, 1.807) is 12.1 Å². The molecule has 1 N–H and O–H groups in total. The first kappa shape index (κ1) is 18.3. The van der Waals surface area contributed by atoms with Crippen LogP contribution in [0.25, 0.3) is 21.3 Å². The maximum atomic E-state index is 13.6. The molecule has 0 aliphatic rings. The molecule has 4 rings (SSSR count). The molecule has 28 heavy (non-hydrogen) atoms. The second kappa shape index (κ2) is 7.92. The zero-order valence-electron chi connectivity index (χ0n) is 14.8. The van der Waals surface area contributed by atoms with Crippen molar-refractivity contribution >= 4 is 21.6 Å². The van der Waals surface area contributed by atoms with E-state index in [1.807, 2.05) is 35.7 Å². The van der Waals surface area contributed by atoms with E-state index >= 15 is 0 Å². The number of fused-ring (bicyclic) bond motifs is 1. The smallest absolute Gasteiger partial charge is 0.262 e. The van der Waals surface area contributed by atoms with E-state index in [0.29, 0.717) is 10.2 Å². The molecule has 4 aromatic rings. The first-order chi connectivity index (χ1) is 13.6. The molecule has 0 aliphatic carbocycles. The van der Waals surface area contributed by atoms with Crippen molar-refractivity contribution in [2.75, 3.05) is 6.61 Å². The monoisotopic (exact) mass is 396 g/mol. The third-order valence-electron chi connectivity index (χ3n) is 4.32. The zero-order chi connectivity index (χ0) is 19.5. The summed E-state index contributed by atoms with van der Waals surface area (Å²) >= 11 is 1.41. The highest BCUT2D eigenvalue weighted by Crippen LogP contribution is 2.30. The van der Waals surface area contributed by atoms with E-state index in [0.717, 1.165) is 11.1 Å². The Labute approximate surface area is 164 Å². The van der Waals surface area contributed by atoms with E-state index in [4.69, 9.17) is 4.74 Å². The number of benzene rings is 2. The maximum absolute atomic E-state index is 13.6. The van der Waals surface area contributed by atoms with Gasteiger partial charge in [0, 0.05) is 10.9 Å². The lowest BCUT2D eigenvalue weighted by molar-refractivity contribution is 0.0895. The number of ether oxygens (including phenoxy) is 1. The molecule has 0 unspecified atom stereocenters. The van der Waals surface area contributed by atoms with Crippen LogP contribution < -0.4 is 10.3 Å². The Kier molecular flexibility index (Phi) is 5.18. The van der Waals surface area contributed by atoms with Crippen molar-refractivity contribution in [1.29, 1.82) is 0 Å². The van der Waals surface area contributed by atoms with E-state index in [1.165, 1.54) is 34.4 Å². The van der Waals surface area contributed by atoms with Crippen molar-refractivity contribution in [2.24, 2.45) is 0 Å². The number of para-hydroxylation sites is 1. The van der Waals surface area contributed by atoms with Crippen LogP contribution in [0, 0.1) is 5.82 Å². The molecule has 0 bridgehead atoms. The average molecular weight is 396 g/mol. The Morgan fingerprint density at radius 2 is 1.89 bits per heavy atom. The Hall–Kier alpha value is -3.03. The second-order valence-electron chi connectivity index (χ2n) is 6.29. The van der Waals surface area contributed by atoms with Gasteiger partial charge in [0.2, 0.25) is 0 Å². The fraction of sp³-hybridized carbons (Fsp3) is 0.143.